The maximum atomic E-state index is 6.13. The van der Waals surface area contributed by atoms with Crippen molar-refractivity contribution >= 4 is 41.2 Å². The number of likely N-dealkylation sites (N-methyl/N-ethyl adjacent to an activating group) is 1. The lowest BCUT2D eigenvalue weighted by Crippen LogP contribution is -2.49. The lowest BCUT2D eigenvalue weighted by atomic mass is 10.0. The largest absolute Gasteiger partial charge is 0.398 e. The zero-order valence-corrected chi connectivity index (χ0v) is 16.0. The lowest BCUT2D eigenvalue weighted by Gasteiger charge is -2.33. The molecule has 8 heteroatoms. The van der Waals surface area contributed by atoms with Gasteiger partial charge in [0.2, 0.25) is 0 Å². The second kappa shape index (κ2) is 9.79. The topological polar surface area (TPSA) is 81.6 Å². The van der Waals surface area contributed by atoms with Crippen molar-refractivity contribution in [3.05, 3.63) is 42.0 Å². The van der Waals surface area contributed by atoms with E-state index in [-0.39, 0.29) is 0 Å². The molecule has 0 bridgehead atoms. The van der Waals surface area contributed by atoms with Crippen molar-refractivity contribution in [1.82, 2.24) is 15.2 Å². The van der Waals surface area contributed by atoms with Gasteiger partial charge in [0.15, 0.2) is 5.11 Å². The fraction of sp³-hybridized carbons (Fsp3) is 0.333. The summed E-state index contributed by atoms with van der Waals surface area (Å²) in [7, 11) is 2.10. The Balaban J connectivity index is 2.30. The van der Waals surface area contributed by atoms with Gasteiger partial charge in [-0.3, -0.25) is 5.43 Å². The Morgan fingerprint density at radius 2 is 1.96 bits per heavy atom. The number of hydrazone groups is 1. The Morgan fingerprint density at radius 1 is 1.27 bits per heavy atom. The molecule has 0 unspecified atom stereocenters. The normalized spacial score (nSPS) is 16.8. The van der Waals surface area contributed by atoms with Gasteiger partial charge in [-0.15, -0.1) is 5.10 Å². The van der Waals surface area contributed by atoms with Crippen LogP contribution in [0, 0.1) is 0 Å². The highest BCUT2D eigenvalue weighted by atomic mass is 32.1. The number of nitrogen functional groups attached to an aromatic ring is 1. The molecule has 1 aliphatic rings. The first-order chi connectivity index (χ1) is 12.6. The average molecular weight is 372 g/mol. The number of para-hydroxylation sites is 1. The molecule has 7 nitrogen and oxygen atoms in total. The molecule has 1 saturated heterocycles. The summed E-state index contributed by atoms with van der Waals surface area (Å²) in [6, 6.07) is 7.47. The number of anilines is 1. The van der Waals surface area contributed by atoms with Crippen LogP contribution < -0.4 is 11.2 Å². The molecule has 26 heavy (non-hydrogen) atoms. The standard InChI is InChI=1S/C18H25N7S/c1-4-7-16(21-20-2)17(14-8-5-6-9-15(14)19)22-23-18(26)25-12-10-24(3)11-13-25/h4-9H,2,10-13,19H2,1,3H3,(H,23,26)/b7-4-,21-16+,22-17-. The fourth-order valence-corrected chi connectivity index (χ4v) is 2.77. The summed E-state index contributed by atoms with van der Waals surface area (Å²) in [5, 5.41) is 12.8. The third-order valence-electron chi connectivity index (χ3n) is 4.02. The predicted molar refractivity (Wildman–Crippen MR) is 114 cm³/mol. The van der Waals surface area contributed by atoms with E-state index in [0.717, 1.165) is 31.7 Å². The van der Waals surface area contributed by atoms with E-state index < -0.39 is 0 Å². The van der Waals surface area contributed by atoms with Crippen molar-refractivity contribution in [1.29, 1.82) is 0 Å². The molecule has 3 N–H and O–H groups in total. The van der Waals surface area contributed by atoms with Crippen LogP contribution in [0.15, 0.2) is 51.7 Å². The van der Waals surface area contributed by atoms with Gasteiger partial charge >= 0.3 is 0 Å². The minimum Gasteiger partial charge on any atom is -0.398 e. The molecule has 0 saturated carbocycles. The Hall–Kier alpha value is -2.58. The van der Waals surface area contributed by atoms with E-state index in [4.69, 9.17) is 18.0 Å². The molecule has 0 atom stereocenters. The number of nitrogens with two attached hydrogens (primary N) is 1. The average Bonchev–Trinajstić information content (AvgIpc) is 2.64. The Kier molecular flexibility index (Phi) is 7.43. The minimum atomic E-state index is 0.550. The highest BCUT2D eigenvalue weighted by Gasteiger charge is 2.17. The molecular weight excluding hydrogens is 346 g/mol. The Morgan fingerprint density at radius 3 is 2.58 bits per heavy atom. The molecule has 1 aromatic rings. The molecule has 1 aliphatic heterocycles. The first-order valence-electron chi connectivity index (χ1n) is 8.39. The fourth-order valence-electron chi connectivity index (χ4n) is 2.55. The maximum Gasteiger partial charge on any atom is 0.189 e. The number of nitrogens with one attached hydrogen (secondary N) is 1. The van der Waals surface area contributed by atoms with Gasteiger partial charge in [-0.05, 0) is 38.3 Å². The van der Waals surface area contributed by atoms with E-state index in [1.54, 1.807) is 6.08 Å². The van der Waals surface area contributed by atoms with Crippen molar-refractivity contribution in [2.24, 2.45) is 15.3 Å². The van der Waals surface area contributed by atoms with Crippen LogP contribution in [0.1, 0.15) is 12.5 Å². The number of piperazine rings is 1. The van der Waals surface area contributed by atoms with E-state index in [0.29, 0.717) is 22.2 Å². The summed E-state index contributed by atoms with van der Waals surface area (Å²) in [5.41, 5.74) is 11.6. The monoisotopic (exact) mass is 371 g/mol. The Bertz CT molecular complexity index is 731. The highest BCUT2D eigenvalue weighted by molar-refractivity contribution is 7.80. The van der Waals surface area contributed by atoms with Crippen LogP contribution in [0.5, 0.6) is 0 Å². The van der Waals surface area contributed by atoms with Gasteiger partial charge < -0.3 is 15.5 Å². The maximum absolute atomic E-state index is 6.13. The first kappa shape index (κ1) is 19.7. The lowest BCUT2D eigenvalue weighted by molar-refractivity contribution is 0.214. The van der Waals surface area contributed by atoms with E-state index in [2.05, 4.69) is 44.3 Å². The first-order valence-corrected chi connectivity index (χ1v) is 8.80. The molecule has 2 rings (SSSR count). The highest BCUT2D eigenvalue weighted by Crippen LogP contribution is 2.14. The quantitative estimate of drug-likeness (QED) is 0.357. The van der Waals surface area contributed by atoms with Crippen LogP contribution in [0.25, 0.3) is 0 Å². The smallest absolute Gasteiger partial charge is 0.189 e. The number of hydrogen-bond donors (Lipinski definition) is 2. The second-order valence-corrected chi connectivity index (χ2v) is 6.27. The van der Waals surface area contributed by atoms with Crippen molar-refractivity contribution in [2.75, 3.05) is 39.0 Å². The number of hydrogen-bond acceptors (Lipinski definition) is 6. The van der Waals surface area contributed by atoms with E-state index in [9.17, 15) is 0 Å². The third kappa shape index (κ3) is 5.21. The van der Waals surface area contributed by atoms with Crippen molar-refractivity contribution in [2.45, 2.75) is 6.92 Å². The molecule has 1 aromatic carbocycles. The molecule has 0 spiro atoms. The van der Waals surface area contributed by atoms with E-state index >= 15 is 0 Å². The van der Waals surface area contributed by atoms with Gasteiger partial charge in [0.1, 0.15) is 11.4 Å². The van der Waals surface area contributed by atoms with E-state index in [1.165, 1.54) is 0 Å². The summed E-state index contributed by atoms with van der Waals surface area (Å²) in [6.07, 6.45) is 3.66. The number of thiocarbonyl (C=S) groups is 1. The zero-order valence-electron chi connectivity index (χ0n) is 15.2. The SMILES string of the molecule is C=N/N=C(\C=C/C)C(=N\NC(=S)N1CCN(C)CC1)/c1ccccc1N. The van der Waals surface area contributed by atoms with Crippen molar-refractivity contribution < 1.29 is 0 Å². The van der Waals surface area contributed by atoms with Gasteiger partial charge in [0, 0.05) is 44.1 Å². The predicted octanol–water partition coefficient (Wildman–Crippen LogP) is 1.73. The molecule has 0 aliphatic carbocycles. The van der Waals surface area contributed by atoms with Crippen molar-refractivity contribution in [3.63, 3.8) is 0 Å². The van der Waals surface area contributed by atoms with Crippen LogP contribution in [0.3, 0.4) is 0 Å². The van der Waals surface area contributed by atoms with Crippen LogP contribution in [0.4, 0.5) is 5.69 Å². The number of allylic oxidation sites excluding steroid dienone is 2. The number of benzene rings is 1. The van der Waals surface area contributed by atoms with Gasteiger partial charge in [-0.1, -0.05) is 24.3 Å². The van der Waals surface area contributed by atoms with Crippen LogP contribution in [-0.2, 0) is 0 Å². The molecule has 138 valence electrons. The summed E-state index contributed by atoms with van der Waals surface area (Å²) in [5.74, 6) is 0. The number of rotatable bonds is 5. The van der Waals surface area contributed by atoms with E-state index in [1.807, 2.05) is 37.3 Å². The summed E-state index contributed by atoms with van der Waals surface area (Å²) in [4.78, 5) is 4.37. The molecule has 0 aromatic heterocycles. The van der Waals surface area contributed by atoms with Gasteiger partial charge in [0.05, 0.1) is 0 Å². The van der Waals surface area contributed by atoms with Gasteiger partial charge in [-0.25, -0.2) is 0 Å². The van der Waals surface area contributed by atoms with Crippen LogP contribution >= 0.6 is 12.2 Å². The molecule has 1 fully saturated rings. The van der Waals surface area contributed by atoms with Gasteiger partial charge in [0.25, 0.3) is 0 Å². The summed E-state index contributed by atoms with van der Waals surface area (Å²) < 4.78 is 0. The number of nitrogens with zero attached hydrogens (tertiary/aromatic N) is 5. The molecule has 0 amide bonds. The second-order valence-electron chi connectivity index (χ2n) is 5.88. The summed E-state index contributed by atoms with van der Waals surface area (Å²) in [6.45, 7) is 9.00. The van der Waals surface area contributed by atoms with Crippen molar-refractivity contribution in [3.8, 4) is 0 Å². The van der Waals surface area contributed by atoms with Crippen LogP contribution in [-0.4, -0.2) is 66.3 Å². The minimum absolute atomic E-state index is 0.550. The molecule has 1 heterocycles. The van der Waals surface area contributed by atoms with Crippen LogP contribution in [0.2, 0.25) is 0 Å². The summed E-state index contributed by atoms with van der Waals surface area (Å²) >= 11 is 5.49. The molecule has 0 radical (unpaired) electrons. The Labute approximate surface area is 160 Å². The zero-order chi connectivity index (χ0) is 18.9. The molecular formula is C18H25N7S. The van der Waals surface area contributed by atoms with Gasteiger partial charge in [-0.2, -0.15) is 10.2 Å². The third-order valence-corrected chi connectivity index (χ3v) is 4.36.